The van der Waals surface area contributed by atoms with Crippen molar-refractivity contribution < 1.29 is 46.2 Å². The van der Waals surface area contributed by atoms with E-state index in [1.54, 1.807) is 78.9 Å². The number of imidazole rings is 1. The fourth-order valence-electron chi connectivity index (χ4n) is 5.53. The van der Waals surface area contributed by atoms with E-state index in [0.29, 0.717) is 33.5 Å². The van der Waals surface area contributed by atoms with Gasteiger partial charge in [0, 0.05) is 18.0 Å². The molecule has 1 aliphatic rings. The van der Waals surface area contributed by atoms with Crippen molar-refractivity contribution in [2.24, 2.45) is 0 Å². The molecule has 0 spiro atoms. The first-order valence-electron chi connectivity index (χ1n) is 15.2. The van der Waals surface area contributed by atoms with Gasteiger partial charge in [0.25, 0.3) is 5.91 Å². The summed E-state index contributed by atoms with van der Waals surface area (Å²) in [5.74, 6) is -3.79. The van der Waals surface area contributed by atoms with E-state index >= 15 is 0 Å². The molecule has 3 amide bonds. The maximum Gasteiger partial charge on any atom is 0.491 e. The van der Waals surface area contributed by atoms with Crippen LogP contribution >= 0.6 is 10.8 Å². The van der Waals surface area contributed by atoms with Crippen LogP contribution in [-0.4, -0.2) is 65.6 Å². The number of rotatable bonds is 9. The molecule has 12 nitrogen and oxygen atoms in total. The number of para-hydroxylation sites is 2. The number of alkyl halides is 3. The van der Waals surface area contributed by atoms with Gasteiger partial charge in [-0.05, 0) is 56.0 Å². The van der Waals surface area contributed by atoms with Crippen LogP contribution in [0.4, 0.5) is 18.0 Å². The predicted octanol–water partition coefficient (Wildman–Crippen LogP) is 6.04. The lowest BCUT2D eigenvalue weighted by molar-refractivity contribution is -0.194. The number of H-pyrrole nitrogens is 1. The summed E-state index contributed by atoms with van der Waals surface area (Å²) in [5, 5.41) is 2.91. The molecule has 0 saturated carbocycles. The molecule has 16 heteroatoms. The van der Waals surface area contributed by atoms with Crippen molar-refractivity contribution in [1.82, 2.24) is 24.9 Å². The second kappa shape index (κ2) is 14.0. The van der Waals surface area contributed by atoms with Gasteiger partial charge in [0.05, 0.1) is 22.0 Å². The number of esters is 1. The van der Waals surface area contributed by atoms with Gasteiger partial charge in [-0.15, -0.1) is 0 Å². The Hall–Kier alpha value is -5.19. The Morgan fingerprint density at radius 2 is 1.54 bits per heavy atom. The lowest BCUT2D eigenvalue weighted by Gasteiger charge is -2.40. The van der Waals surface area contributed by atoms with Gasteiger partial charge >= 0.3 is 18.2 Å². The molecule has 50 heavy (non-hydrogen) atoms. The highest BCUT2D eigenvalue weighted by atomic mass is 32.3. The minimum absolute atomic E-state index is 0.0260. The molecule has 1 unspecified atom stereocenters. The quantitative estimate of drug-likeness (QED) is 0.103. The average molecular weight is 714 g/mol. The van der Waals surface area contributed by atoms with Crippen LogP contribution in [0.5, 0.6) is 0 Å². The number of ether oxygens (including phenoxy) is 1. The summed E-state index contributed by atoms with van der Waals surface area (Å²) in [6, 6.07) is 19.8. The van der Waals surface area contributed by atoms with Gasteiger partial charge in [-0.2, -0.15) is 13.2 Å². The fourth-order valence-corrected chi connectivity index (χ4v) is 6.72. The number of nitrogens with zero attached hydrogens (tertiary/aromatic N) is 2. The topological polar surface area (TPSA) is 174 Å². The van der Waals surface area contributed by atoms with Gasteiger partial charge in [-0.1, -0.05) is 77.5 Å². The Kier molecular flexibility index (Phi) is 10.1. The van der Waals surface area contributed by atoms with E-state index in [1.807, 2.05) is 0 Å². The van der Waals surface area contributed by atoms with Crippen molar-refractivity contribution >= 4 is 50.6 Å². The highest BCUT2D eigenvalue weighted by Crippen LogP contribution is 2.52. The summed E-state index contributed by atoms with van der Waals surface area (Å²) in [6.07, 6.45) is -6.02. The monoisotopic (exact) mass is 713 g/mol. The zero-order valence-corrected chi connectivity index (χ0v) is 27.8. The Morgan fingerprint density at radius 1 is 0.920 bits per heavy atom. The molecule has 5 N–H and O–H groups in total. The van der Waals surface area contributed by atoms with Crippen molar-refractivity contribution in [1.29, 1.82) is 0 Å². The molecule has 0 saturated heterocycles. The second-order valence-electron chi connectivity index (χ2n) is 12.5. The van der Waals surface area contributed by atoms with E-state index < -0.39 is 58.5 Å². The Morgan fingerprint density at radius 3 is 2.12 bits per heavy atom. The Balaban J connectivity index is 1.51. The average Bonchev–Trinajstić information content (AvgIpc) is 3.59. The first-order valence-corrected chi connectivity index (χ1v) is 16.8. The largest absolute Gasteiger partial charge is 0.491 e. The normalized spacial score (nSPS) is 16.2. The maximum atomic E-state index is 14.3. The van der Waals surface area contributed by atoms with E-state index in [0.717, 1.165) is 11.0 Å². The minimum atomic E-state index is -5.45. The molecule has 0 radical (unpaired) electrons. The maximum absolute atomic E-state index is 14.3. The van der Waals surface area contributed by atoms with Gasteiger partial charge in [0.15, 0.2) is 0 Å². The van der Waals surface area contributed by atoms with E-state index in [4.69, 9.17) is 0 Å². The van der Waals surface area contributed by atoms with Crippen LogP contribution in [0.1, 0.15) is 49.3 Å². The first-order chi connectivity index (χ1) is 23.4. The first kappa shape index (κ1) is 36.1. The zero-order chi connectivity index (χ0) is 36.4. The van der Waals surface area contributed by atoms with Crippen molar-refractivity contribution in [2.75, 3.05) is 0 Å². The summed E-state index contributed by atoms with van der Waals surface area (Å²) in [4.78, 5) is 59.8. The van der Waals surface area contributed by atoms with E-state index in [9.17, 15) is 41.5 Å². The van der Waals surface area contributed by atoms with Gasteiger partial charge in [0.2, 0.25) is 5.91 Å². The van der Waals surface area contributed by atoms with Crippen molar-refractivity contribution in [3.8, 4) is 0 Å². The number of halogens is 3. The molecule has 5 rings (SSSR count). The Bertz CT molecular complexity index is 1910. The number of hydrogen-bond donors (Lipinski definition) is 5. The summed E-state index contributed by atoms with van der Waals surface area (Å²) >= 11 is 0. The summed E-state index contributed by atoms with van der Waals surface area (Å²) in [6.45, 7) is 4.48. The van der Waals surface area contributed by atoms with Gasteiger partial charge in [-0.25, -0.2) is 19.3 Å². The molecule has 1 aliphatic heterocycles. The lowest BCUT2D eigenvalue weighted by Crippen LogP contribution is -2.59. The van der Waals surface area contributed by atoms with Crippen LogP contribution in [0.25, 0.3) is 15.9 Å². The molecule has 2 atom stereocenters. The van der Waals surface area contributed by atoms with Crippen LogP contribution in [0.2, 0.25) is 0 Å². The van der Waals surface area contributed by atoms with Crippen LogP contribution in [0, 0.1) is 0 Å². The minimum Gasteiger partial charge on any atom is -0.369 e. The fraction of sp³-hybridized carbons (Fsp3) is 0.265. The number of hydrogen-bond acceptors (Lipinski definition) is 8. The van der Waals surface area contributed by atoms with E-state index in [2.05, 4.69) is 24.7 Å². The third kappa shape index (κ3) is 8.33. The molecule has 1 aromatic heterocycles. The third-order valence-electron chi connectivity index (χ3n) is 7.76. The van der Waals surface area contributed by atoms with Gasteiger partial charge in [0.1, 0.15) is 11.9 Å². The summed E-state index contributed by atoms with van der Waals surface area (Å²) < 4.78 is 66.2. The van der Waals surface area contributed by atoms with E-state index in [-0.39, 0.29) is 17.7 Å². The smallest absolute Gasteiger partial charge is 0.369 e. The number of amides is 3. The molecular weight excluding hydrogens is 679 g/mol. The van der Waals surface area contributed by atoms with Crippen molar-refractivity contribution in [3.63, 3.8) is 0 Å². The number of nitrogens with one attached hydrogen (secondary N) is 3. The summed E-state index contributed by atoms with van der Waals surface area (Å²) in [5.41, 5.74) is 1.57. The molecular formula is C34H34F3N5O7S. The number of benzene rings is 3. The van der Waals surface area contributed by atoms with Crippen LogP contribution in [-0.2, 0) is 32.0 Å². The SMILES string of the molecule is CC(C)(C)N(C(=O)OC(=O)C(F)(F)F)[C@@H](Cc1ccccc1)C(=O)NC(Cc1ccc(C2=CC(=O)NS2(O)O)cc1)c1nc2ccccc2[nH]1. The number of carbonyl (C=O) groups excluding carboxylic acids is 4. The molecule has 0 bridgehead atoms. The molecule has 4 aromatic rings. The zero-order valence-electron chi connectivity index (χ0n) is 27.0. The highest BCUT2D eigenvalue weighted by Gasteiger charge is 2.46. The number of aromatic nitrogens is 2. The number of fused-ring (bicyclic) bond motifs is 1. The van der Waals surface area contributed by atoms with Gasteiger partial charge < -0.3 is 15.0 Å². The highest BCUT2D eigenvalue weighted by molar-refractivity contribution is 8.31. The molecule has 0 aliphatic carbocycles. The Labute approximate surface area is 286 Å². The van der Waals surface area contributed by atoms with E-state index in [1.165, 1.54) is 20.8 Å². The number of aromatic amines is 1. The number of carbonyl (C=O) groups is 4. The van der Waals surface area contributed by atoms with Crippen LogP contribution in [0.3, 0.4) is 0 Å². The van der Waals surface area contributed by atoms with Crippen LogP contribution in [0.15, 0.2) is 84.9 Å². The molecule has 3 aromatic carbocycles. The lowest BCUT2D eigenvalue weighted by atomic mass is 9.97. The second-order valence-corrected chi connectivity index (χ2v) is 14.3. The van der Waals surface area contributed by atoms with Crippen molar-refractivity contribution in [3.05, 3.63) is 107 Å². The molecule has 264 valence electrons. The van der Waals surface area contributed by atoms with Crippen LogP contribution < -0.4 is 10.0 Å². The van der Waals surface area contributed by atoms with Crippen molar-refractivity contribution in [2.45, 2.75) is 57.4 Å². The van der Waals surface area contributed by atoms with Gasteiger partial charge in [-0.3, -0.25) is 23.6 Å². The standard InChI is InChI=1S/C34H34F3N5O7S/c1-33(2,3)42(32(46)49-31(45)34(35,36)37)26(18-20-9-5-4-6-10-20)30(44)40-25(29-38-23-11-7-8-12-24(23)39-29)17-21-13-15-22(16-14-21)27-19-28(43)41-50(27,47)48/h4-16,19,25-26,47-48H,17-18H2,1-3H3,(H,38,39)(H,40,44)(H,41,43)/t25?,26-/m0/s1. The molecule has 0 fully saturated rings. The molecule has 2 heterocycles. The summed E-state index contributed by atoms with van der Waals surface area (Å²) in [7, 11) is -3.51. The predicted molar refractivity (Wildman–Crippen MR) is 179 cm³/mol. The third-order valence-corrected chi connectivity index (χ3v) is 9.21.